The highest BCUT2D eigenvalue weighted by Crippen LogP contribution is 2.28. The van der Waals surface area contributed by atoms with Crippen molar-refractivity contribution in [2.45, 2.75) is 26.3 Å². The predicted octanol–water partition coefficient (Wildman–Crippen LogP) is 2.73. The zero-order chi connectivity index (χ0) is 16.6. The van der Waals surface area contributed by atoms with E-state index in [4.69, 9.17) is 17.3 Å². The summed E-state index contributed by atoms with van der Waals surface area (Å²) in [5.74, 6) is 0.00480. The van der Waals surface area contributed by atoms with Gasteiger partial charge < -0.3 is 10.6 Å². The topological polar surface area (TPSA) is 64.2 Å². The molecule has 2 heterocycles. The van der Waals surface area contributed by atoms with Gasteiger partial charge in [0.2, 0.25) is 0 Å². The summed E-state index contributed by atoms with van der Waals surface area (Å²) in [6.07, 6.45) is 4.19. The van der Waals surface area contributed by atoms with Gasteiger partial charge in [-0.25, -0.2) is 4.68 Å². The van der Waals surface area contributed by atoms with E-state index >= 15 is 0 Å². The molecule has 1 aromatic carbocycles. The number of carbonyl (C=O) groups is 1. The molecule has 1 fully saturated rings. The monoisotopic (exact) mass is 332 g/mol. The molecule has 0 saturated carbocycles. The largest absolute Gasteiger partial charge is 0.338 e. The standard InChI is InChI=1S/C17H21ClN4O/c1-17(2)11-21(8-7-15(17)19)16(23)12-9-20-22(10-12)14-5-3-13(18)4-6-14/h3-6,9-10,15H,7-8,11,19H2,1-2H3. The highest BCUT2D eigenvalue weighted by atomic mass is 35.5. The lowest BCUT2D eigenvalue weighted by Crippen LogP contribution is -2.53. The first-order valence-corrected chi connectivity index (χ1v) is 8.10. The van der Waals surface area contributed by atoms with Crippen molar-refractivity contribution in [3.63, 3.8) is 0 Å². The van der Waals surface area contributed by atoms with Gasteiger partial charge in [-0.15, -0.1) is 0 Å². The summed E-state index contributed by atoms with van der Waals surface area (Å²) in [6, 6.07) is 7.46. The summed E-state index contributed by atoms with van der Waals surface area (Å²) in [4.78, 5) is 14.6. The summed E-state index contributed by atoms with van der Waals surface area (Å²) in [6.45, 7) is 5.57. The molecule has 2 N–H and O–H groups in total. The maximum absolute atomic E-state index is 12.7. The van der Waals surface area contributed by atoms with Crippen LogP contribution >= 0.6 is 11.6 Å². The average Bonchev–Trinajstić information content (AvgIpc) is 3.00. The predicted molar refractivity (Wildman–Crippen MR) is 90.9 cm³/mol. The molecule has 6 heteroatoms. The SMILES string of the molecule is CC1(C)CN(C(=O)c2cnn(-c3ccc(Cl)cc3)c2)CCC1N. The number of aromatic nitrogens is 2. The molecule has 1 amide bonds. The summed E-state index contributed by atoms with van der Waals surface area (Å²) >= 11 is 5.89. The number of hydrogen-bond acceptors (Lipinski definition) is 3. The Labute approximate surface area is 141 Å². The first-order chi connectivity index (χ1) is 10.9. The van der Waals surface area contributed by atoms with Crippen molar-refractivity contribution in [3.8, 4) is 5.69 Å². The molecule has 0 aliphatic carbocycles. The normalized spacial score (nSPS) is 20.5. The van der Waals surface area contributed by atoms with Gasteiger partial charge in [0.25, 0.3) is 5.91 Å². The number of piperidine rings is 1. The maximum atomic E-state index is 12.7. The molecule has 0 radical (unpaired) electrons. The van der Waals surface area contributed by atoms with Crippen LogP contribution in [0.1, 0.15) is 30.6 Å². The minimum absolute atomic E-state index is 0.00480. The van der Waals surface area contributed by atoms with Gasteiger partial charge in [-0.05, 0) is 36.1 Å². The van der Waals surface area contributed by atoms with Gasteiger partial charge in [0.1, 0.15) is 0 Å². The van der Waals surface area contributed by atoms with E-state index < -0.39 is 0 Å². The Morgan fingerprint density at radius 3 is 2.70 bits per heavy atom. The van der Waals surface area contributed by atoms with Crippen LogP contribution in [-0.2, 0) is 0 Å². The van der Waals surface area contributed by atoms with Crippen LogP contribution in [-0.4, -0.2) is 39.7 Å². The molecule has 1 aliphatic rings. The third-order valence-corrected chi connectivity index (χ3v) is 4.77. The lowest BCUT2D eigenvalue weighted by atomic mass is 9.79. The van der Waals surface area contributed by atoms with Crippen LogP contribution in [0.25, 0.3) is 5.69 Å². The zero-order valence-electron chi connectivity index (χ0n) is 13.4. The Kier molecular flexibility index (Phi) is 4.17. The smallest absolute Gasteiger partial charge is 0.257 e. The van der Waals surface area contributed by atoms with Gasteiger partial charge in [0.15, 0.2) is 0 Å². The molecule has 1 aromatic heterocycles. The number of rotatable bonds is 2. The molecule has 1 saturated heterocycles. The highest BCUT2D eigenvalue weighted by Gasteiger charge is 2.35. The second kappa shape index (κ2) is 5.98. The van der Waals surface area contributed by atoms with Crippen molar-refractivity contribution < 1.29 is 4.79 Å². The first-order valence-electron chi connectivity index (χ1n) is 7.72. The third-order valence-electron chi connectivity index (χ3n) is 4.52. The Bertz CT molecular complexity index is 708. The van der Waals surface area contributed by atoms with Crippen molar-refractivity contribution in [1.82, 2.24) is 14.7 Å². The van der Waals surface area contributed by atoms with Gasteiger partial charge in [0, 0.05) is 30.4 Å². The quantitative estimate of drug-likeness (QED) is 0.919. The van der Waals surface area contributed by atoms with Crippen LogP contribution in [0.15, 0.2) is 36.7 Å². The van der Waals surface area contributed by atoms with Gasteiger partial charge >= 0.3 is 0 Å². The fourth-order valence-electron chi connectivity index (χ4n) is 2.90. The van der Waals surface area contributed by atoms with E-state index in [0.29, 0.717) is 23.7 Å². The van der Waals surface area contributed by atoms with Gasteiger partial charge in [-0.3, -0.25) is 4.79 Å². The summed E-state index contributed by atoms with van der Waals surface area (Å²) in [7, 11) is 0. The summed E-state index contributed by atoms with van der Waals surface area (Å²) < 4.78 is 1.68. The summed E-state index contributed by atoms with van der Waals surface area (Å²) in [5.41, 5.74) is 7.53. The molecule has 122 valence electrons. The van der Waals surface area contributed by atoms with Crippen LogP contribution in [0, 0.1) is 5.41 Å². The van der Waals surface area contributed by atoms with Gasteiger partial charge in [-0.2, -0.15) is 5.10 Å². The van der Waals surface area contributed by atoms with Crippen LogP contribution in [0.3, 0.4) is 0 Å². The molecular formula is C17H21ClN4O. The average molecular weight is 333 g/mol. The van der Waals surface area contributed by atoms with Crippen LogP contribution in [0.4, 0.5) is 0 Å². The number of amides is 1. The zero-order valence-corrected chi connectivity index (χ0v) is 14.1. The molecule has 5 nitrogen and oxygen atoms in total. The van der Waals surface area contributed by atoms with E-state index in [1.807, 2.05) is 17.0 Å². The fraction of sp³-hybridized carbons (Fsp3) is 0.412. The van der Waals surface area contributed by atoms with Crippen molar-refractivity contribution in [3.05, 3.63) is 47.2 Å². The minimum Gasteiger partial charge on any atom is -0.338 e. The number of likely N-dealkylation sites (tertiary alicyclic amines) is 1. The van der Waals surface area contributed by atoms with E-state index in [-0.39, 0.29) is 17.4 Å². The number of carbonyl (C=O) groups excluding carboxylic acids is 1. The third kappa shape index (κ3) is 3.26. The number of benzene rings is 1. The van der Waals surface area contributed by atoms with Crippen molar-refractivity contribution in [2.75, 3.05) is 13.1 Å². The van der Waals surface area contributed by atoms with E-state index in [0.717, 1.165) is 12.1 Å². The van der Waals surface area contributed by atoms with Crippen LogP contribution < -0.4 is 5.73 Å². The number of nitrogens with zero attached hydrogens (tertiary/aromatic N) is 3. The molecule has 0 spiro atoms. The van der Waals surface area contributed by atoms with Gasteiger partial charge in [0.05, 0.1) is 17.4 Å². The highest BCUT2D eigenvalue weighted by molar-refractivity contribution is 6.30. The van der Waals surface area contributed by atoms with E-state index in [1.54, 1.807) is 29.2 Å². The van der Waals surface area contributed by atoms with Crippen molar-refractivity contribution in [1.29, 1.82) is 0 Å². The summed E-state index contributed by atoms with van der Waals surface area (Å²) in [5, 5.41) is 4.96. The molecule has 1 atom stereocenters. The fourth-order valence-corrected chi connectivity index (χ4v) is 3.02. The van der Waals surface area contributed by atoms with Crippen LogP contribution in [0.2, 0.25) is 5.02 Å². The maximum Gasteiger partial charge on any atom is 0.257 e. The number of hydrogen-bond donors (Lipinski definition) is 1. The van der Waals surface area contributed by atoms with Crippen LogP contribution in [0.5, 0.6) is 0 Å². The number of halogens is 1. The second-order valence-electron chi connectivity index (χ2n) is 6.76. The molecule has 23 heavy (non-hydrogen) atoms. The Morgan fingerprint density at radius 1 is 1.35 bits per heavy atom. The van der Waals surface area contributed by atoms with Gasteiger partial charge in [-0.1, -0.05) is 25.4 Å². The molecular weight excluding hydrogens is 312 g/mol. The molecule has 2 aromatic rings. The lowest BCUT2D eigenvalue weighted by molar-refractivity contribution is 0.0533. The van der Waals surface area contributed by atoms with E-state index in [9.17, 15) is 4.79 Å². The first kappa shape index (κ1) is 16.0. The lowest BCUT2D eigenvalue weighted by Gasteiger charge is -2.42. The van der Waals surface area contributed by atoms with Crippen molar-refractivity contribution >= 4 is 17.5 Å². The van der Waals surface area contributed by atoms with Crippen molar-refractivity contribution in [2.24, 2.45) is 11.1 Å². The molecule has 1 unspecified atom stereocenters. The Balaban J connectivity index is 1.77. The minimum atomic E-state index is -0.0694. The van der Waals surface area contributed by atoms with E-state index in [2.05, 4.69) is 18.9 Å². The second-order valence-corrected chi connectivity index (χ2v) is 7.20. The number of nitrogens with two attached hydrogens (primary N) is 1. The Hall–Kier alpha value is -1.85. The molecule has 0 bridgehead atoms. The Morgan fingerprint density at radius 2 is 2.04 bits per heavy atom. The molecule has 3 rings (SSSR count). The van der Waals surface area contributed by atoms with E-state index in [1.165, 1.54) is 0 Å². The molecule has 1 aliphatic heterocycles.